The smallest absolute Gasteiger partial charge is 0.219 e. The van der Waals surface area contributed by atoms with Crippen LogP contribution in [0.3, 0.4) is 0 Å². The standard InChI is InChI=1S/C17H25N3O/c1-3-9-19-13-14-6-7-15-8-11-20(16(15)12-14)10-4-5-17(21)18-2/h6-8,11-12,19H,3-5,9-10,13H2,1-2H3,(H,18,21). The van der Waals surface area contributed by atoms with Crippen LogP contribution in [0.25, 0.3) is 10.9 Å². The van der Waals surface area contributed by atoms with Crippen LogP contribution >= 0.6 is 0 Å². The van der Waals surface area contributed by atoms with Crippen LogP contribution in [0.2, 0.25) is 0 Å². The summed E-state index contributed by atoms with van der Waals surface area (Å²) in [5.74, 6) is 0.107. The Hall–Kier alpha value is -1.81. The molecule has 1 amide bonds. The third-order valence-corrected chi connectivity index (χ3v) is 3.68. The average Bonchev–Trinajstić information content (AvgIpc) is 2.90. The highest BCUT2D eigenvalue weighted by atomic mass is 16.1. The van der Waals surface area contributed by atoms with Crippen molar-refractivity contribution in [3.8, 4) is 0 Å². The lowest BCUT2D eigenvalue weighted by molar-refractivity contribution is -0.120. The third kappa shape index (κ3) is 4.33. The summed E-state index contributed by atoms with van der Waals surface area (Å²) in [6, 6.07) is 8.74. The van der Waals surface area contributed by atoms with Gasteiger partial charge in [0.05, 0.1) is 0 Å². The fourth-order valence-corrected chi connectivity index (χ4v) is 2.48. The number of rotatable bonds is 8. The molecule has 0 radical (unpaired) electrons. The molecule has 1 heterocycles. The van der Waals surface area contributed by atoms with Crippen LogP contribution in [-0.2, 0) is 17.9 Å². The molecular formula is C17H25N3O. The minimum absolute atomic E-state index is 0.107. The van der Waals surface area contributed by atoms with Gasteiger partial charge in [0.2, 0.25) is 5.91 Å². The third-order valence-electron chi connectivity index (χ3n) is 3.68. The van der Waals surface area contributed by atoms with E-state index < -0.39 is 0 Å². The molecule has 4 heteroatoms. The Kier molecular flexibility index (Phi) is 5.81. The van der Waals surface area contributed by atoms with Crippen molar-refractivity contribution >= 4 is 16.8 Å². The molecule has 0 fully saturated rings. The molecule has 0 spiro atoms. The van der Waals surface area contributed by atoms with Gasteiger partial charge in [-0.2, -0.15) is 0 Å². The van der Waals surface area contributed by atoms with Gasteiger partial charge in [0.25, 0.3) is 0 Å². The van der Waals surface area contributed by atoms with Crippen LogP contribution in [0.5, 0.6) is 0 Å². The topological polar surface area (TPSA) is 46.1 Å². The van der Waals surface area contributed by atoms with Gasteiger partial charge in [-0.05, 0) is 42.5 Å². The van der Waals surface area contributed by atoms with Crippen LogP contribution in [-0.4, -0.2) is 24.1 Å². The maximum atomic E-state index is 11.3. The molecule has 2 aromatic rings. The summed E-state index contributed by atoms with van der Waals surface area (Å²) in [4.78, 5) is 11.3. The van der Waals surface area contributed by atoms with E-state index in [4.69, 9.17) is 0 Å². The number of amides is 1. The number of fused-ring (bicyclic) bond motifs is 1. The summed E-state index contributed by atoms with van der Waals surface area (Å²) in [7, 11) is 1.68. The van der Waals surface area contributed by atoms with Crippen molar-refractivity contribution in [2.75, 3.05) is 13.6 Å². The molecule has 1 aromatic heterocycles. The number of benzene rings is 1. The van der Waals surface area contributed by atoms with Crippen LogP contribution < -0.4 is 10.6 Å². The van der Waals surface area contributed by atoms with Crippen LogP contribution in [0.15, 0.2) is 30.5 Å². The lowest BCUT2D eigenvalue weighted by atomic mass is 10.1. The molecule has 0 aliphatic rings. The maximum absolute atomic E-state index is 11.3. The number of hydrogen-bond donors (Lipinski definition) is 2. The molecule has 114 valence electrons. The molecule has 2 N–H and O–H groups in total. The Morgan fingerprint density at radius 3 is 2.90 bits per heavy atom. The minimum Gasteiger partial charge on any atom is -0.359 e. The van der Waals surface area contributed by atoms with Gasteiger partial charge in [0.15, 0.2) is 0 Å². The molecular weight excluding hydrogens is 262 g/mol. The number of nitrogens with zero attached hydrogens (tertiary/aromatic N) is 1. The average molecular weight is 287 g/mol. The second kappa shape index (κ2) is 7.84. The number of hydrogen-bond acceptors (Lipinski definition) is 2. The summed E-state index contributed by atoms with van der Waals surface area (Å²) in [5.41, 5.74) is 2.56. The van der Waals surface area contributed by atoms with Crippen LogP contribution in [0, 0.1) is 0 Å². The predicted molar refractivity (Wildman–Crippen MR) is 87.2 cm³/mol. The van der Waals surface area contributed by atoms with Crippen molar-refractivity contribution in [1.82, 2.24) is 15.2 Å². The summed E-state index contributed by atoms with van der Waals surface area (Å²) in [6.07, 6.45) is 4.70. The molecule has 1 aromatic carbocycles. The van der Waals surface area contributed by atoms with Gasteiger partial charge in [-0.1, -0.05) is 19.1 Å². The highest BCUT2D eigenvalue weighted by Crippen LogP contribution is 2.18. The zero-order valence-corrected chi connectivity index (χ0v) is 13.0. The van der Waals surface area contributed by atoms with Gasteiger partial charge < -0.3 is 15.2 Å². The second-order valence-corrected chi connectivity index (χ2v) is 5.36. The van der Waals surface area contributed by atoms with E-state index in [1.54, 1.807) is 7.05 Å². The Balaban J connectivity index is 2.02. The van der Waals surface area contributed by atoms with E-state index in [2.05, 4.69) is 52.6 Å². The highest BCUT2D eigenvalue weighted by Gasteiger charge is 2.04. The molecule has 21 heavy (non-hydrogen) atoms. The van der Waals surface area contributed by atoms with Gasteiger partial charge in [-0.25, -0.2) is 0 Å². The van der Waals surface area contributed by atoms with E-state index in [0.29, 0.717) is 6.42 Å². The number of carbonyl (C=O) groups excluding carboxylic acids is 1. The van der Waals surface area contributed by atoms with E-state index in [0.717, 1.165) is 32.5 Å². The maximum Gasteiger partial charge on any atom is 0.219 e. The van der Waals surface area contributed by atoms with Crippen molar-refractivity contribution < 1.29 is 4.79 Å². The number of aryl methyl sites for hydroxylation is 1. The normalized spacial score (nSPS) is 11.0. The summed E-state index contributed by atoms with van der Waals surface area (Å²) in [6.45, 7) is 5.01. The molecule has 0 atom stereocenters. The lowest BCUT2D eigenvalue weighted by Gasteiger charge is -2.08. The number of aromatic nitrogens is 1. The van der Waals surface area contributed by atoms with E-state index in [9.17, 15) is 4.79 Å². The highest BCUT2D eigenvalue weighted by molar-refractivity contribution is 5.81. The number of nitrogens with one attached hydrogen (secondary N) is 2. The van der Waals surface area contributed by atoms with Crippen LogP contribution in [0.4, 0.5) is 0 Å². The van der Waals surface area contributed by atoms with Gasteiger partial charge in [-0.15, -0.1) is 0 Å². The molecule has 0 unspecified atom stereocenters. The van der Waals surface area contributed by atoms with Crippen molar-refractivity contribution in [1.29, 1.82) is 0 Å². The van der Waals surface area contributed by atoms with Crippen molar-refractivity contribution in [3.05, 3.63) is 36.0 Å². The van der Waals surface area contributed by atoms with E-state index >= 15 is 0 Å². The van der Waals surface area contributed by atoms with Crippen molar-refractivity contribution in [2.24, 2.45) is 0 Å². The van der Waals surface area contributed by atoms with Crippen molar-refractivity contribution in [3.63, 3.8) is 0 Å². The first-order valence-electron chi connectivity index (χ1n) is 7.73. The Morgan fingerprint density at radius 1 is 1.29 bits per heavy atom. The van der Waals surface area contributed by atoms with Gasteiger partial charge in [0, 0.05) is 38.3 Å². The van der Waals surface area contributed by atoms with Crippen LogP contribution in [0.1, 0.15) is 31.7 Å². The fraction of sp³-hybridized carbons (Fsp3) is 0.471. The zero-order chi connectivity index (χ0) is 15.1. The molecule has 4 nitrogen and oxygen atoms in total. The summed E-state index contributed by atoms with van der Waals surface area (Å²) >= 11 is 0. The quantitative estimate of drug-likeness (QED) is 0.733. The molecule has 0 bridgehead atoms. The van der Waals surface area contributed by atoms with Crippen molar-refractivity contribution in [2.45, 2.75) is 39.3 Å². The first kappa shape index (κ1) is 15.6. The van der Waals surface area contributed by atoms with Gasteiger partial charge >= 0.3 is 0 Å². The lowest BCUT2D eigenvalue weighted by Crippen LogP contribution is -2.17. The van der Waals surface area contributed by atoms with E-state index in [1.165, 1.54) is 16.5 Å². The molecule has 0 aliphatic carbocycles. The Morgan fingerprint density at radius 2 is 2.14 bits per heavy atom. The Labute approximate surface area is 126 Å². The largest absolute Gasteiger partial charge is 0.359 e. The summed E-state index contributed by atoms with van der Waals surface area (Å²) < 4.78 is 2.24. The van der Waals surface area contributed by atoms with E-state index in [-0.39, 0.29) is 5.91 Å². The first-order chi connectivity index (χ1) is 10.2. The van der Waals surface area contributed by atoms with Gasteiger partial charge in [-0.3, -0.25) is 4.79 Å². The second-order valence-electron chi connectivity index (χ2n) is 5.36. The fourth-order valence-electron chi connectivity index (χ4n) is 2.48. The van der Waals surface area contributed by atoms with E-state index in [1.807, 2.05) is 0 Å². The zero-order valence-electron chi connectivity index (χ0n) is 13.0. The Bertz CT molecular complexity index is 589. The number of carbonyl (C=O) groups is 1. The first-order valence-corrected chi connectivity index (χ1v) is 7.73. The molecule has 0 saturated carbocycles. The SMILES string of the molecule is CCCNCc1ccc2ccn(CCCC(=O)NC)c2c1. The molecule has 0 saturated heterocycles. The van der Waals surface area contributed by atoms with Gasteiger partial charge in [0.1, 0.15) is 0 Å². The molecule has 0 aliphatic heterocycles. The summed E-state index contributed by atoms with van der Waals surface area (Å²) in [5, 5.41) is 7.35. The monoisotopic (exact) mass is 287 g/mol. The minimum atomic E-state index is 0.107. The predicted octanol–water partition coefficient (Wildman–Crippen LogP) is 2.67. The molecule has 2 rings (SSSR count).